The standard InChI is InChI=1S/C14H12N2O3S/c15-9-12-5-1-2-7-14(12)20(18,19)16-10-11-4-3-6-13(17)8-11/h1-8,16-17H,10H2. The van der Waals surface area contributed by atoms with Gasteiger partial charge in [-0.3, -0.25) is 0 Å². The lowest BCUT2D eigenvalue weighted by Crippen LogP contribution is -2.24. The van der Waals surface area contributed by atoms with Crippen molar-refractivity contribution in [2.45, 2.75) is 11.4 Å². The van der Waals surface area contributed by atoms with Crippen molar-refractivity contribution in [2.75, 3.05) is 0 Å². The van der Waals surface area contributed by atoms with Crippen molar-refractivity contribution in [3.05, 3.63) is 59.7 Å². The molecular weight excluding hydrogens is 276 g/mol. The van der Waals surface area contributed by atoms with Crippen LogP contribution >= 0.6 is 0 Å². The number of phenols is 1. The van der Waals surface area contributed by atoms with Crippen molar-refractivity contribution in [2.24, 2.45) is 0 Å². The van der Waals surface area contributed by atoms with E-state index in [1.165, 1.54) is 24.3 Å². The molecule has 0 atom stereocenters. The SMILES string of the molecule is N#Cc1ccccc1S(=O)(=O)NCc1cccc(O)c1. The first kappa shape index (κ1) is 14.1. The summed E-state index contributed by atoms with van der Waals surface area (Å²) >= 11 is 0. The highest BCUT2D eigenvalue weighted by atomic mass is 32.2. The number of nitriles is 1. The van der Waals surface area contributed by atoms with Crippen LogP contribution in [0.4, 0.5) is 0 Å². The zero-order chi connectivity index (χ0) is 14.6. The first-order valence-corrected chi connectivity index (χ1v) is 7.28. The molecule has 0 aliphatic heterocycles. The van der Waals surface area contributed by atoms with Crippen LogP contribution in [-0.2, 0) is 16.6 Å². The third-order valence-corrected chi connectivity index (χ3v) is 4.13. The summed E-state index contributed by atoms with van der Waals surface area (Å²) in [6.45, 7) is 0.0382. The molecule has 2 rings (SSSR count). The third-order valence-electron chi connectivity index (χ3n) is 2.67. The summed E-state index contributed by atoms with van der Waals surface area (Å²) in [5, 5.41) is 18.2. The van der Waals surface area contributed by atoms with Crippen molar-refractivity contribution >= 4 is 10.0 Å². The maximum absolute atomic E-state index is 12.1. The van der Waals surface area contributed by atoms with E-state index in [0.29, 0.717) is 5.56 Å². The molecule has 0 amide bonds. The molecule has 0 radical (unpaired) electrons. The summed E-state index contributed by atoms with van der Waals surface area (Å²) in [7, 11) is -3.77. The van der Waals surface area contributed by atoms with Gasteiger partial charge in [-0.15, -0.1) is 0 Å². The largest absolute Gasteiger partial charge is 0.508 e. The van der Waals surface area contributed by atoms with Crippen LogP contribution in [0.25, 0.3) is 0 Å². The van der Waals surface area contributed by atoms with Gasteiger partial charge in [-0.05, 0) is 29.8 Å². The van der Waals surface area contributed by atoms with E-state index in [1.807, 2.05) is 6.07 Å². The molecule has 2 aromatic carbocycles. The van der Waals surface area contributed by atoms with Crippen LogP contribution in [0.2, 0.25) is 0 Å². The molecule has 5 nitrogen and oxygen atoms in total. The minimum absolute atomic E-state index is 0.0382. The number of aromatic hydroxyl groups is 1. The van der Waals surface area contributed by atoms with Crippen molar-refractivity contribution in [1.29, 1.82) is 5.26 Å². The first-order valence-electron chi connectivity index (χ1n) is 5.79. The van der Waals surface area contributed by atoms with Crippen LogP contribution < -0.4 is 4.72 Å². The van der Waals surface area contributed by atoms with E-state index in [2.05, 4.69) is 4.72 Å². The van der Waals surface area contributed by atoms with Gasteiger partial charge in [-0.1, -0.05) is 24.3 Å². The molecule has 0 saturated heterocycles. The number of sulfonamides is 1. The molecular formula is C14H12N2O3S. The number of rotatable bonds is 4. The molecule has 0 bridgehead atoms. The Balaban J connectivity index is 2.22. The van der Waals surface area contributed by atoms with Gasteiger partial charge >= 0.3 is 0 Å². The molecule has 20 heavy (non-hydrogen) atoms. The van der Waals surface area contributed by atoms with Crippen LogP contribution in [0.15, 0.2) is 53.4 Å². The van der Waals surface area contributed by atoms with Crippen LogP contribution in [0.5, 0.6) is 5.75 Å². The molecule has 0 fully saturated rings. The predicted molar refractivity (Wildman–Crippen MR) is 73.3 cm³/mol. The van der Waals surface area contributed by atoms with Gasteiger partial charge in [0.2, 0.25) is 10.0 Å². The second-order valence-corrected chi connectivity index (χ2v) is 5.84. The van der Waals surface area contributed by atoms with E-state index in [-0.39, 0.29) is 22.8 Å². The highest BCUT2D eigenvalue weighted by Crippen LogP contribution is 2.15. The van der Waals surface area contributed by atoms with Gasteiger partial charge in [0.25, 0.3) is 0 Å². The van der Waals surface area contributed by atoms with Crippen LogP contribution in [0.1, 0.15) is 11.1 Å². The molecule has 0 heterocycles. The van der Waals surface area contributed by atoms with Crippen molar-refractivity contribution in [3.63, 3.8) is 0 Å². The molecule has 2 aromatic rings. The summed E-state index contributed by atoms with van der Waals surface area (Å²) in [4.78, 5) is -0.0531. The maximum Gasteiger partial charge on any atom is 0.242 e. The smallest absolute Gasteiger partial charge is 0.242 e. The lowest BCUT2D eigenvalue weighted by molar-refractivity contribution is 0.474. The Morgan fingerprint density at radius 2 is 1.90 bits per heavy atom. The van der Waals surface area contributed by atoms with Gasteiger partial charge in [0, 0.05) is 6.54 Å². The van der Waals surface area contributed by atoms with Crippen molar-refractivity contribution in [1.82, 2.24) is 4.72 Å². The Kier molecular flexibility index (Phi) is 4.03. The van der Waals surface area contributed by atoms with E-state index < -0.39 is 10.0 Å². The quantitative estimate of drug-likeness (QED) is 0.896. The Bertz CT molecular complexity index is 764. The molecule has 0 aromatic heterocycles. The van der Waals surface area contributed by atoms with E-state index in [1.54, 1.807) is 24.3 Å². The van der Waals surface area contributed by atoms with Crippen LogP contribution in [0.3, 0.4) is 0 Å². The zero-order valence-electron chi connectivity index (χ0n) is 10.4. The maximum atomic E-state index is 12.1. The van der Waals surface area contributed by atoms with Crippen LogP contribution in [-0.4, -0.2) is 13.5 Å². The number of phenolic OH excluding ortho intramolecular Hbond substituents is 1. The average molecular weight is 288 g/mol. The normalized spacial score (nSPS) is 10.9. The highest BCUT2D eigenvalue weighted by Gasteiger charge is 2.17. The fourth-order valence-corrected chi connectivity index (χ4v) is 2.89. The number of hydrogen-bond acceptors (Lipinski definition) is 4. The lowest BCUT2D eigenvalue weighted by Gasteiger charge is -2.08. The first-order chi connectivity index (χ1) is 9.53. The molecule has 2 N–H and O–H groups in total. The van der Waals surface area contributed by atoms with Crippen molar-refractivity contribution in [3.8, 4) is 11.8 Å². The van der Waals surface area contributed by atoms with Gasteiger partial charge in [-0.2, -0.15) is 5.26 Å². The molecule has 0 spiro atoms. The fraction of sp³-hybridized carbons (Fsp3) is 0.0714. The van der Waals surface area contributed by atoms with Crippen LogP contribution in [0, 0.1) is 11.3 Å². The van der Waals surface area contributed by atoms with E-state index in [0.717, 1.165) is 0 Å². The van der Waals surface area contributed by atoms with Gasteiger partial charge in [0.15, 0.2) is 0 Å². The molecule has 0 aliphatic rings. The molecule has 0 aliphatic carbocycles. The summed E-state index contributed by atoms with van der Waals surface area (Å²) in [6.07, 6.45) is 0. The van der Waals surface area contributed by atoms with E-state index in [9.17, 15) is 13.5 Å². The lowest BCUT2D eigenvalue weighted by atomic mass is 10.2. The number of nitrogens with one attached hydrogen (secondary N) is 1. The monoisotopic (exact) mass is 288 g/mol. The second-order valence-electron chi connectivity index (χ2n) is 4.10. The minimum atomic E-state index is -3.77. The van der Waals surface area contributed by atoms with E-state index in [4.69, 9.17) is 5.26 Å². The summed E-state index contributed by atoms with van der Waals surface area (Å²) in [5.41, 5.74) is 0.721. The van der Waals surface area contributed by atoms with Gasteiger partial charge < -0.3 is 5.11 Å². The second kappa shape index (κ2) is 5.74. The topological polar surface area (TPSA) is 90.2 Å². The van der Waals surface area contributed by atoms with Crippen molar-refractivity contribution < 1.29 is 13.5 Å². The Morgan fingerprint density at radius 1 is 1.15 bits per heavy atom. The fourth-order valence-electron chi connectivity index (χ4n) is 1.72. The average Bonchev–Trinajstić information content (AvgIpc) is 2.45. The van der Waals surface area contributed by atoms with Gasteiger partial charge in [0.05, 0.1) is 10.5 Å². The van der Waals surface area contributed by atoms with Gasteiger partial charge in [0.1, 0.15) is 11.8 Å². The number of benzene rings is 2. The highest BCUT2D eigenvalue weighted by molar-refractivity contribution is 7.89. The number of hydrogen-bond donors (Lipinski definition) is 2. The molecule has 6 heteroatoms. The third kappa shape index (κ3) is 3.15. The summed E-state index contributed by atoms with van der Waals surface area (Å²) in [6, 6.07) is 14.1. The zero-order valence-corrected chi connectivity index (χ0v) is 11.3. The molecule has 0 saturated carbocycles. The summed E-state index contributed by atoms with van der Waals surface area (Å²) in [5.74, 6) is 0.0686. The Labute approximate surface area is 117 Å². The predicted octanol–water partition coefficient (Wildman–Crippen LogP) is 1.74. The Morgan fingerprint density at radius 3 is 2.60 bits per heavy atom. The van der Waals surface area contributed by atoms with Gasteiger partial charge in [-0.25, -0.2) is 13.1 Å². The number of nitrogens with zero attached hydrogens (tertiary/aromatic N) is 1. The van der Waals surface area contributed by atoms with E-state index >= 15 is 0 Å². The molecule has 102 valence electrons. The Hall–Kier alpha value is -2.36. The summed E-state index contributed by atoms with van der Waals surface area (Å²) < 4.78 is 26.7. The molecule has 0 unspecified atom stereocenters. The minimum Gasteiger partial charge on any atom is -0.508 e.